The van der Waals surface area contributed by atoms with Gasteiger partial charge in [0.15, 0.2) is 11.6 Å². The van der Waals surface area contributed by atoms with Crippen molar-refractivity contribution in [3.05, 3.63) is 58.0 Å². The normalized spacial score (nSPS) is 17.0. The van der Waals surface area contributed by atoms with E-state index in [1.165, 1.54) is 12.8 Å². The Labute approximate surface area is 210 Å². The third-order valence-corrected chi connectivity index (χ3v) is 7.38. The van der Waals surface area contributed by atoms with E-state index in [9.17, 15) is 9.59 Å². The zero-order chi connectivity index (χ0) is 25.1. The fraction of sp³-hybridized carbons (Fsp3) is 0.538. The van der Waals surface area contributed by atoms with Crippen molar-refractivity contribution in [3.8, 4) is 5.82 Å². The number of aryl methyl sites for hydroxylation is 2. The maximum atomic E-state index is 12.7. The Bertz CT molecular complexity index is 1250. The molecular weight excluding hydrogens is 456 g/mol. The first-order chi connectivity index (χ1) is 17.5. The van der Waals surface area contributed by atoms with E-state index < -0.39 is 0 Å². The molecule has 190 valence electrons. The molecule has 0 bridgehead atoms. The molecule has 36 heavy (non-hydrogen) atoms. The number of nitrogens with one attached hydrogen (secondary N) is 1. The van der Waals surface area contributed by atoms with Gasteiger partial charge in [-0.1, -0.05) is 12.8 Å². The maximum absolute atomic E-state index is 12.7. The van der Waals surface area contributed by atoms with Crippen LogP contribution in [0.15, 0.2) is 35.4 Å². The second-order valence-electron chi connectivity index (χ2n) is 9.97. The van der Waals surface area contributed by atoms with Crippen LogP contribution in [0.25, 0.3) is 5.82 Å². The van der Waals surface area contributed by atoms with Crippen LogP contribution in [-0.4, -0.2) is 55.1 Å². The van der Waals surface area contributed by atoms with Crippen molar-refractivity contribution >= 4 is 11.7 Å². The van der Waals surface area contributed by atoms with Gasteiger partial charge in [0.05, 0.1) is 17.7 Å². The number of carbonyl (C=O) groups is 1. The van der Waals surface area contributed by atoms with Crippen molar-refractivity contribution in [3.63, 3.8) is 0 Å². The Hall–Kier alpha value is -3.56. The predicted octanol–water partition coefficient (Wildman–Crippen LogP) is 2.53. The average molecular weight is 491 g/mol. The highest BCUT2D eigenvalue weighted by atomic mass is 16.2. The lowest BCUT2D eigenvalue weighted by molar-refractivity contribution is -0.125. The van der Waals surface area contributed by atoms with Crippen molar-refractivity contribution in [1.82, 2.24) is 34.8 Å². The summed E-state index contributed by atoms with van der Waals surface area (Å²) < 4.78 is 3.37. The average Bonchev–Trinajstić information content (AvgIpc) is 3.55. The molecule has 2 fully saturated rings. The van der Waals surface area contributed by atoms with Crippen LogP contribution in [0.1, 0.15) is 61.5 Å². The molecule has 2 aliphatic rings. The molecule has 1 saturated carbocycles. The third-order valence-electron chi connectivity index (χ3n) is 7.38. The SMILES string of the molecule is Cc1cc(C)n(-c2ccc(N3CCC(C(=O)NCCn4cnc(C5CCCC5)cc4=O)CC3)nn2)n1. The van der Waals surface area contributed by atoms with Crippen LogP contribution in [0.2, 0.25) is 0 Å². The van der Waals surface area contributed by atoms with Crippen molar-refractivity contribution in [2.24, 2.45) is 5.92 Å². The Balaban J connectivity index is 1.08. The number of piperidine rings is 1. The van der Waals surface area contributed by atoms with Crippen LogP contribution in [0.3, 0.4) is 0 Å². The molecule has 4 heterocycles. The Morgan fingerprint density at radius 3 is 2.39 bits per heavy atom. The summed E-state index contributed by atoms with van der Waals surface area (Å²) in [7, 11) is 0. The van der Waals surface area contributed by atoms with Gasteiger partial charge in [0.25, 0.3) is 5.56 Å². The summed E-state index contributed by atoms with van der Waals surface area (Å²) in [5.41, 5.74) is 2.83. The summed E-state index contributed by atoms with van der Waals surface area (Å²) in [6.45, 7) is 6.29. The monoisotopic (exact) mass is 490 g/mol. The molecule has 10 nitrogen and oxygen atoms in total. The molecule has 1 saturated heterocycles. The van der Waals surface area contributed by atoms with Gasteiger partial charge in [-0.3, -0.25) is 14.2 Å². The summed E-state index contributed by atoms with van der Waals surface area (Å²) in [6, 6.07) is 7.56. The van der Waals surface area contributed by atoms with Crippen molar-refractivity contribution in [2.45, 2.75) is 64.8 Å². The molecule has 1 aliphatic carbocycles. The molecule has 5 rings (SSSR count). The standard InChI is InChI=1S/C26H34N8O2/c1-18-15-19(2)34(31-18)24-8-7-23(29-30-24)32-12-9-21(10-13-32)26(36)27-11-14-33-17-28-22(16-25(33)35)20-5-3-4-6-20/h7-8,15-17,20-21H,3-6,9-14H2,1-2H3,(H,27,36). The lowest BCUT2D eigenvalue weighted by Crippen LogP contribution is -2.42. The highest BCUT2D eigenvalue weighted by Crippen LogP contribution is 2.32. The Morgan fingerprint density at radius 2 is 1.75 bits per heavy atom. The summed E-state index contributed by atoms with van der Waals surface area (Å²) in [5.74, 6) is 1.94. The van der Waals surface area contributed by atoms with Gasteiger partial charge in [-0.05, 0) is 57.7 Å². The number of rotatable bonds is 7. The van der Waals surface area contributed by atoms with Gasteiger partial charge >= 0.3 is 0 Å². The molecule has 1 N–H and O–H groups in total. The summed E-state index contributed by atoms with van der Waals surface area (Å²) in [6.07, 6.45) is 7.80. The zero-order valence-corrected chi connectivity index (χ0v) is 21.1. The topological polar surface area (TPSA) is 111 Å². The minimum absolute atomic E-state index is 0.0391. The van der Waals surface area contributed by atoms with Gasteiger partial charge in [-0.2, -0.15) is 5.10 Å². The second kappa shape index (κ2) is 10.6. The largest absolute Gasteiger partial charge is 0.355 e. The van der Waals surface area contributed by atoms with Gasteiger partial charge in [0.2, 0.25) is 5.91 Å². The fourth-order valence-corrected chi connectivity index (χ4v) is 5.33. The van der Waals surface area contributed by atoms with Crippen molar-refractivity contribution < 1.29 is 4.79 Å². The number of aromatic nitrogens is 6. The highest BCUT2D eigenvalue weighted by molar-refractivity contribution is 5.78. The van der Waals surface area contributed by atoms with E-state index >= 15 is 0 Å². The number of carbonyl (C=O) groups excluding carboxylic acids is 1. The van der Waals surface area contributed by atoms with Gasteiger partial charge < -0.3 is 10.2 Å². The number of nitrogens with zero attached hydrogens (tertiary/aromatic N) is 7. The maximum Gasteiger partial charge on any atom is 0.253 e. The molecule has 3 aromatic heterocycles. The van der Waals surface area contributed by atoms with Crippen LogP contribution < -0.4 is 15.8 Å². The fourth-order valence-electron chi connectivity index (χ4n) is 5.33. The van der Waals surface area contributed by atoms with Crippen LogP contribution in [0, 0.1) is 19.8 Å². The summed E-state index contributed by atoms with van der Waals surface area (Å²) in [5, 5.41) is 16.2. The van der Waals surface area contributed by atoms with Crippen LogP contribution in [0.5, 0.6) is 0 Å². The van der Waals surface area contributed by atoms with Crippen LogP contribution in [0.4, 0.5) is 5.82 Å². The second-order valence-corrected chi connectivity index (χ2v) is 9.97. The molecule has 3 aromatic rings. The van der Waals surface area contributed by atoms with E-state index in [1.54, 1.807) is 21.6 Å². The van der Waals surface area contributed by atoms with E-state index in [4.69, 9.17) is 0 Å². The highest BCUT2D eigenvalue weighted by Gasteiger charge is 2.26. The van der Waals surface area contributed by atoms with Crippen LogP contribution >= 0.6 is 0 Å². The van der Waals surface area contributed by atoms with Gasteiger partial charge in [-0.15, -0.1) is 10.2 Å². The van der Waals surface area contributed by atoms with E-state index in [2.05, 4.69) is 30.5 Å². The lowest BCUT2D eigenvalue weighted by atomic mass is 9.96. The van der Waals surface area contributed by atoms with Crippen molar-refractivity contribution in [1.29, 1.82) is 0 Å². The molecule has 0 unspecified atom stereocenters. The predicted molar refractivity (Wildman–Crippen MR) is 136 cm³/mol. The van der Waals surface area contributed by atoms with Crippen LogP contribution in [-0.2, 0) is 11.3 Å². The molecule has 0 atom stereocenters. The number of anilines is 1. The zero-order valence-electron chi connectivity index (χ0n) is 21.1. The molecule has 0 spiro atoms. The number of amides is 1. The number of hydrogen-bond acceptors (Lipinski definition) is 7. The molecule has 10 heteroatoms. The molecule has 1 aliphatic heterocycles. The molecular formula is C26H34N8O2. The van der Waals surface area contributed by atoms with E-state index in [1.807, 2.05) is 32.0 Å². The van der Waals surface area contributed by atoms with E-state index in [-0.39, 0.29) is 17.4 Å². The van der Waals surface area contributed by atoms with Gasteiger partial charge in [-0.25, -0.2) is 9.67 Å². The number of hydrogen-bond donors (Lipinski definition) is 1. The minimum Gasteiger partial charge on any atom is -0.355 e. The smallest absolute Gasteiger partial charge is 0.253 e. The Kier molecular flexibility index (Phi) is 7.11. The minimum atomic E-state index is -0.0422. The third kappa shape index (κ3) is 5.32. The molecule has 1 amide bonds. The first kappa shape index (κ1) is 24.1. The van der Waals surface area contributed by atoms with E-state index in [0.29, 0.717) is 24.8 Å². The first-order valence-electron chi connectivity index (χ1n) is 12.9. The summed E-state index contributed by atoms with van der Waals surface area (Å²) in [4.78, 5) is 31.8. The Morgan fingerprint density at radius 1 is 1.03 bits per heavy atom. The van der Waals surface area contributed by atoms with Gasteiger partial charge in [0, 0.05) is 49.8 Å². The van der Waals surface area contributed by atoms with Gasteiger partial charge in [0.1, 0.15) is 0 Å². The molecule has 0 radical (unpaired) electrons. The molecule has 0 aromatic carbocycles. The van der Waals surface area contributed by atoms with Crippen molar-refractivity contribution in [2.75, 3.05) is 24.5 Å². The lowest BCUT2D eigenvalue weighted by Gasteiger charge is -2.31. The van der Waals surface area contributed by atoms with E-state index in [0.717, 1.165) is 61.7 Å². The quantitative estimate of drug-likeness (QED) is 0.542. The summed E-state index contributed by atoms with van der Waals surface area (Å²) >= 11 is 0. The first-order valence-corrected chi connectivity index (χ1v) is 12.9.